The van der Waals surface area contributed by atoms with Gasteiger partial charge in [-0.15, -0.1) is 0 Å². The van der Waals surface area contributed by atoms with E-state index in [9.17, 15) is 13.2 Å². The van der Waals surface area contributed by atoms with Crippen LogP contribution >= 0.6 is 0 Å². The number of hydrogen-bond acceptors (Lipinski definition) is 2. The Hall–Kier alpha value is -1.13. The lowest BCUT2D eigenvalue weighted by molar-refractivity contribution is -0.170. The van der Waals surface area contributed by atoms with Gasteiger partial charge in [-0.25, -0.2) is 0 Å². The van der Waals surface area contributed by atoms with Crippen LogP contribution in [-0.2, 0) is 9.47 Å². The molecule has 1 unspecified atom stereocenters. The molecule has 112 valence electrons. The van der Waals surface area contributed by atoms with Gasteiger partial charge in [0.2, 0.25) is 0 Å². The molecule has 0 rings (SSSR count). The molecule has 0 aromatic rings. The summed E-state index contributed by atoms with van der Waals surface area (Å²) in [4.78, 5) is 0. The van der Waals surface area contributed by atoms with E-state index in [-0.39, 0.29) is 12.2 Å². The predicted molar refractivity (Wildman–Crippen MR) is 69.5 cm³/mol. The van der Waals surface area contributed by atoms with E-state index < -0.39 is 12.1 Å². The van der Waals surface area contributed by atoms with Crippen LogP contribution in [0.15, 0.2) is 24.2 Å². The molecule has 0 spiro atoms. The molecule has 0 radical (unpaired) electrons. The number of alkyl halides is 3. The van der Waals surface area contributed by atoms with Gasteiger partial charge in [-0.05, 0) is 26.7 Å². The molecule has 0 aromatic carbocycles. The molecule has 19 heavy (non-hydrogen) atoms. The van der Waals surface area contributed by atoms with Gasteiger partial charge in [0.05, 0.1) is 30.6 Å². The summed E-state index contributed by atoms with van der Waals surface area (Å²) in [5.41, 5.74) is 0. The predicted octanol–water partition coefficient (Wildman–Crippen LogP) is 4.83. The van der Waals surface area contributed by atoms with Gasteiger partial charge in [0.25, 0.3) is 0 Å². The van der Waals surface area contributed by atoms with E-state index in [0.717, 1.165) is 25.5 Å². The van der Waals surface area contributed by atoms with Crippen molar-refractivity contribution in [1.82, 2.24) is 0 Å². The minimum absolute atomic E-state index is 0.183. The molecule has 0 fully saturated rings. The highest BCUT2D eigenvalue weighted by molar-refractivity contribution is 4.86. The van der Waals surface area contributed by atoms with Crippen LogP contribution in [0.3, 0.4) is 0 Å². The van der Waals surface area contributed by atoms with E-state index in [0.29, 0.717) is 13.2 Å². The van der Waals surface area contributed by atoms with E-state index in [2.05, 4.69) is 6.58 Å². The highest BCUT2D eigenvalue weighted by atomic mass is 19.4. The topological polar surface area (TPSA) is 18.5 Å². The maximum atomic E-state index is 12.3. The van der Waals surface area contributed by atoms with Crippen LogP contribution in [0.25, 0.3) is 0 Å². The van der Waals surface area contributed by atoms with Crippen LogP contribution < -0.4 is 0 Å². The number of unbranched alkanes of at least 4 members (excludes halogenated alkanes) is 1. The van der Waals surface area contributed by atoms with Crippen LogP contribution in [0.5, 0.6) is 0 Å². The molecule has 0 heterocycles. The fourth-order valence-electron chi connectivity index (χ4n) is 1.25. The molecule has 0 saturated heterocycles. The van der Waals surface area contributed by atoms with Gasteiger partial charge < -0.3 is 9.47 Å². The zero-order valence-corrected chi connectivity index (χ0v) is 11.8. The SMILES string of the molecule is C=C(CC(C)C(F)(F)F)OCCCCO/C(C)=C/C. The Morgan fingerprint density at radius 1 is 1.21 bits per heavy atom. The van der Waals surface area contributed by atoms with Crippen LogP contribution in [0, 0.1) is 5.92 Å². The van der Waals surface area contributed by atoms with Crippen LogP contribution in [0.2, 0.25) is 0 Å². The molecule has 0 amide bonds. The van der Waals surface area contributed by atoms with Crippen LogP contribution in [0.4, 0.5) is 13.2 Å². The Balaban J connectivity index is 3.60. The molecular weight excluding hydrogens is 257 g/mol. The van der Waals surface area contributed by atoms with E-state index in [1.807, 2.05) is 19.9 Å². The third-order valence-electron chi connectivity index (χ3n) is 2.67. The highest BCUT2D eigenvalue weighted by Gasteiger charge is 2.36. The molecule has 0 N–H and O–H groups in total. The van der Waals surface area contributed by atoms with Gasteiger partial charge >= 0.3 is 6.18 Å². The molecule has 1 atom stereocenters. The Kier molecular flexibility index (Phi) is 8.35. The summed E-state index contributed by atoms with van der Waals surface area (Å²) in [6, 6.07) is 0. The lowest BCUT2D eigenvalue weighted by Crippen LogP contribution is -2.20. The largest absolute Gasteiger partial charge is 0.499 e. The second-order valence-electron chi connectivity index (χ2n) is 4.49. The normalized spacial score (nSPS) is 14.1. The molecule has 0 aromatic heterocycles. The van der Waals surface area contributed by atoms with Gasteiger partial charge in [-0.1, -0.05) is 19.6 Å². The summed E-state index contributed by atoms with van der Waals surface area (Å²) in [5, 5.41) is 0. The van der Waals surface area contributed by atoms with Crippen molar-refractivity contribution in [3.05, 3.63) is 24.2 Å². The summed E-state index contributed by atoms with van der Waals surface area (Å²) in [6.07, 6.45) is -0.970. The highest BCUT2D eigenvalue weighted by Crippen LogP contribution is 2.30. The Bertz CT molecular complexity index is 296. The summed E-state index contributed by atoms with van der Waals surface area (Å²) in [6.45, 7) is 9.36. The number of hydrogen-bond donors (Lipinski definition) is 0. The van der Waals surface area contributed by atoms with E-state index in [1.54, 1.807) is 0 Å². The standard InChI is InChI=1S/C14H23F3O2/c1-5-12(3)18-8-6-7-9-19-13(4)10-11(2)14(15,16)17/h5,11H,4,6-10H2,1-3H3/b12-5+. The molecule has 2 nitrogen and oxygen atoms in total. The maximum absolute atomic E-state index is 12.3. The molecule has 5 heteroatoms. The smallest absolute Gasteiger partial charge is 0.391 e. The van der Waals surface area contributed by atoms with Crippen molar-refractivity contribution in [2.75, 3.05) is 13.2 Å². The quantitative estimate of drug-likeness (QED) is 0.445. The first kappa shape index (κ1) is 17.9. The average Bonchev–Trinajstić information content (AvgIpc) is 2.31. The minimum atomic E-state index is -4.19. The third-order valence-corrected chi connectivity index (χ3v) is 2.67. The Labute approximate surface area is 113 Å². The van der Waals surface area contributed by atoms with Gasteiger partial charge in [-0.2, -0.15) is 13.2 Å². The van der Waals surface area contributed by atoms with Crippen LogP contribution in [0.1, 0.15) is 40.0 Å². The number of halogens is 3. The zero-order valence-electron chi connectivity index (χ0n) is 11.8. The first-order chi connectivity index (χ1) is 8.77. The Morgan fingerprint density at radius 3 is 2.21 bits per heavy atom. The zero-order chi connectivity index (χ0) is 14.9. The third kappa shape index (κ3) is 9.45. The lowest BCUT2D eigenvalue weighted by atomic mass is 10.1. The van der Waals surface area contributed by atoms with E-state index in [1.165, 1.54) is 0 Å². The average molecular weight is 280 g/mol. The van der Waals surface area contributed by atoms with Gasteiger partial charge in [-0.3, -0.25) is 0 Å². The van der Waals surface area contributed by atoms with Crippen molar-refractivity contribution in [3.8, 4) is 0 Å². The fraction of sp³-hybridized carbons (Fsp3) is 0.714. The van der Waals surface area contributed by atoms with Crippen LogP contribution in [-0.4, -0.2) is 19.4 Å². The molecule has 0 saturated carbocycles. The van der Waals surface area contributed by atoms with Crippen molar-refractivity contribution < 1.29 is 22.6 Å². The van der Waals surface area contributed by atoms with Crippen molar-refractivity contribution in [1.29, 1.82) is 0 Å². The van der Waals surface area contributed by atoms with Crippen molar-refractivity contribution in [3.63, 3.8) is 0 Å². The first-order valence-corrected chi connectivity index (χ1v) is 6.40. The molecule has 0 bridgehead atoms. The molecule has 0 aliphatic carbocycles. The minimum Gasteiger partial charge on any atom is -0.499 e. The van der Waals surface area contributed by atoms with Crippen molar-refractivity contribution >= 4 is 0 Å². The molecule has 0 aliphatic rings. The number of ether oxygens (including phenoxy) is 2. The second-order valence-corrected chi connectivity index (χ2v) is 4.49. The monoisotopic (exact) mass is 280 g/mol. The van der Waals surface area contributed by atoms with Gasteiger partial charge in [0, 0.05) is 6.42 Å². The summed E-state index contributed by atoms with van der Waals surface area (Å²) in [5.74, 6) is -0.361. The van der Waals surface area contributed by atoms with E-state index >= 15 is 0 Å². The molecular formula is C14H23F3O2. The number of allylic oxidation sites excluding steroid dienone is 3. The summed E-state index contributed by atoms with van der Waals surface area (Å²) in [7, 11) is 0. The fourth-order valence-corrected chi connectivity index (χ4v) is 1.25. The second kappa shape index (κ2) is 8.88. The Morgan fingerprint density at radius 2 is 1.74 bits per heavy atom. The number of rotatable bonds is 9. The van der Waals surface area contributed by atoms with Gasteiger partial charge in [0.1, 0.15) is 0 Å². The lowest BCUT2D eigenvalue weighted by Gasteiger charge is -2.17. The first-order valence-electron chi connectivity index (χ1n) is 6.40. The summed E-state index contributed by atoms with van der Waals surface area (Å²) < 4.78 is 47.4. The van der Waals surface area contributed by atoms with Crippen molar-refractivity contribution in [2.45, 2.75) is 46.2 Å². The molecule has 0 aliphatic heterocycles. The van der Waals surface area contributed by atoms with E-state index in [4.69, 9.17) is 9.47 Å². The van der Waals surface area contributed by atoms with Crippen molar-refractivity contribution in [2.24, 2.45) is 5.92 Å². The maximum Gasteiger partial charge on any atom is 0.391 e. The van der Waals surface area contributed by atoms with Gasteiger partial charge in [0.15, 0.2) is 0 Å². The summed E-state index contributed by atoms with van der Waals surface area (Å²) >= 11 is 0.